The van der Waals surface area contributed by atoms with Crippen LogP contribution in [0.1, 0.15) is 32.9 Å². The Labute approximate surface area is 157 Å². The molecule has 0 fully saturated rings. The number of amides is 1. The number of nitrogens with zero attached hydrogens (tertiary/aromatic N) is 2. The molecule has 4 rings (SSSR count). The molecule has 5 heteroatoms. The Bertz CT molecular complexity index is 1200. The Morgan fingerprint density at radius 3 is 2.78 bits per heavy atom. The largest absolute Gasteiger partial charge is 0.358 e. The molecule has 0 radical (unpaired) electrons. The van der Waals surface area contributed by atoms with Gasteiger partial charge in [-0.25, -0.2) is 5.43 Å². The van der Waals surface area contributed by atoms with Crippen LogP contribution < -0.4 is 5.43 Å². The van der Waals surface area contributed by atoms with Gasteiger partial charge in [0.05, 0.1) is 23.0 Å². The van der Waals surface area contributed by atoms with Crippen LogP contribution in [-0.2, 0) is 0 Å². The molecule has 0 aliphatic heterocycles. The normalized spacial score (nSPS) is 11.5. The predicted octanol–water partition coefficient (Wildman–Crippen LogP) is 4.41. The Morgan fingerprint density at radius 2 is 1.93 bits per heavy atom. The average molecular weight is 356 g/mol. The molecule has 0 atom stereocenters. The minimum atomic E-state index is -0.267. The van der Waals surface area contributed by atoms with E-state index in [4.69, 9.17) is 0 Å². The van der Waals surface area contributed by atoms with Gasteiger partial charge in [0.2, 0.25) is 0 Å². The molecule has 0 saturated heterocycles. The third kappa shape index (κ3) is 3.19. The summed E-state index contributed by atoms with van der Waals surface area (Å²) >= 11 is 0. The zero-order valence-corrected chi connectivity index (χ0v) is 15.5. The van der Waals surface area contributed by atoms with Gasteiger partial charge in [-0.3, -0.25) is 9.78 Å². The number of carbonyl (C=O) groups is 1. The van der Waals surface area contributed by atoms with Crippen LogP contribution >= 0.6 is 0 Å². The molecule has 0 aliphatic carbocycles. The first-order valence-electron chi connectivity index (χ1n) is 8.81. The van der Waals surface area contributed by atoms with Gasteiger partial charge in [-0.2, -0.15) is 5.10 Å². The molecule has 0 aliphatic rings. The molecule has 0 saturated carbocycles. The second kappa shape index (κ2) is 6.68. The summed E-state index contributed by atoms with van der Waals surface area (Å²) in [7, 11) is 0. The summed E-state index contributed by atoms with van der Waals surface area (Å²) < 4.78 is 0. The molecule has 2 aromatic heterocycles. The number of benzene rings is 2. The molecule has 27 heavy (non-hydrogen) atoms. The minimum absolute atomic E-state index is 0.267. The van der Waals surface area contributed by atoms with Crippen molar-refractivity contribution >= 4 is 33.9 Å². The molecule has 5 nitrogen and oxygen atoms in total. The minimum Gasteiger partial charge on any atom is -0.358 e. The van der Waals surface area contributed by atoms with E-state index in [0.717, 1.165) is 38.6 Å². The lowest BCUT2D eigenvalue weighted by Crippen LogP contribution is -2.19. The molecule has 2 heterocycles. The van der Waals surface area contributed by atoms with Crippen LogP contribution in [0.5, 0.6) is 0 Å². The Morgan fingerprint density at radius 1 is 1.11 bits per heavy atom. The second-order valence-electron chi connectivity index (χ2n) is 6.73. The molecule has 0 spiro atoms. The zero-order valence-electron chi connectivity index (χ0n) is 15.5. The third-order valence-electron chi connectivity index (χ3n) is 4.71. The number of hydrazone groups is 1. The summed E-state index contributed by atoms with van der Waals surface area (Å²) in [5.74, 6) is -0.267. The van der Waals surface area contributed by atoms with E-state index < -0.39 is 0 Å². The number of para-hydroxylation sites is 1. The van der Waals surface area contributed by atoms with Crippen molar-refractivity contribution in [3.05, 3.63) is 76.6 Å². The fourth-order valence-corrected chi connectivity index (χ4v) is 3.30. The molecule has 4 aromatic rings. The standard InChI is InChI=1S/C22H20N4O/c1-13-8-9-20-16(10-13)11-18(14(2)24-20)22(27)26-23-12-19-15(3)25-21-7-5-4-6-17(19)21/h4-12,25H,1-3H3,(H,26,27). The molecule has 2 N–H and O–H groups in total. The molecule has 0 bridgehead atoms. The van der Waals surface area contributed by atoms with Crippen molar-refractivity contribution < 1.29 is 4.79 Å². The van der Waals surface area contributed by atoms with Crippen molar-refractivity contribution in [1.82, 2.24) is 15.4 Å². The topological polar surface area (TPSA) is 70.1 Å². The van der Waals surface area contributed by atoms with Gasteiger partial charge in [0.15, 0.2) is 0 Å². The van der Waals surface area contributed by atoms with Gasteiger partial charge < -0.3 is 4.98 Å². The third-order valence-corrected chi connectivity index (χ3v) is 4.71. The summed E-state index contributed by atoms with van der Waals surface area (Å²) in [6.07, 6.45) is 1.68. The SMILES string of the molecule is Cc1ccc2nc(C)c(C(=O)NN=Cc3c(C)[nH]c4ccccc34)cc2c1. The Hall–Kier alpha value is -3.47. The van der Waals surface area contributed by atoms with Crippen molar-refractivity contribution in [3.8, 4) is 0 Å². The lowest BCUT2D eigenvalue weighted by molar-refractivity contribution is 0.0954. The number of H-pyrrole nitrogens is 1. The molecular formula is C22H20N4O. The van der Waals surface area contributed by atoms with Gasteiger partial charge in [-0.05, 0) is 45.0 Å². The van der Waals surface area contributed by atoms with Gasteiger partial charge in [0, 0.05) is 27.5 Å². The first kappa shape index (κ1) is 17.0. The van der Waals surface area contributed by atoms with Gasteiger partial charge in [0.1, 0.15) is 0 Å². The number of aryl methyl sites for hydroxylation is 3. The molecule has 1 amide bonds. The van der Waals surface area contributed by atoms with E-state index in [1.54, 1.807) is 6.21 Å². The highest BCUT2D eigenvalue weighted by molar-refractivity contribution is 6.02. The first-order chi connectivity index (χ1) is 13.0. The lowest BCUT2D eigenvalue weighted by Gasteiger charge is -2.07. The first-order valence-corrected chi connectivity index (χ1v) is 8.81. The van der Waals surface area contributed by atoms with Crippen molar-refractivity contribution in [2.75, 3.05) is 0 Å². The van der Waals surface area contributed by atoms with Crippen LogP contribution in [0.3, 0.4) is 0 Å². The van der Waals surface area contributed by atoms with Crippen molar-refractivity contribution in [1.29, 1.82) is 0 Å². The van der Waals surface area contributed by atoms with E-state index in [1.165, 1.54) is 0 Å². The summed E-state index contributed by atoms with van der Waals surface area (Å²) in [6.45, 7) is 5.84. The summed E-state index contributed by atoms with van der Waals surface area (Å²) in [5, 5.41) is 6.19. The molecular weight excluding hydrogens is 336 g/mol. The maximum absolute atomic E-state index is 12.6. The van der Waals surface area contributed by atoms with Crippen molar-refractivity contribution in [2.24, 2.45) is 5.10 Å². The number of aromatic nitrogens is 2. The summed E-state index contributed by atoms with van der Waals surface area (Å²) in [4.78, 5) is 20.4. The number of carbonyl (C=O) groups excluding carboxylic acids is 1. The lowest BCUT2D eigenvalue weighted by atomic mass is 10.1. The smallest absolute Gasteiger partial charge is 0.273 e. The van der Waals surface area contributed by atoms with Crippen LogP contribution in [0, 0.1) is 20.8 Å². The molecule has 2 aromatic carbocycles. The van der Waals surface area contributed by atoms with Gasteiger partial charge in [0.25, 0.3) is 5.91 Å². The van der Waals surface area contributed by atoms with Crippen LogP contribution in [0.15, 0.2) is 53.6 Å². The monoisotopic (exact) mass is 356 g/mol. The number of aromatic amines is 1. The quantitative estimate of drug-likeness (QED) is 0.422. The Kier molecular flexibility index (Phi) is 4.20. The zero-order chi connectivity index (χ0) is 19.0. The van der Waals surface area contributed by atoms with E-state index >= 15 is 0 Å². The fraction of sp³-hybridized carbons (Fsp3) is 0.136. The number of nitrogens with one attached hydrogen (secondary N) is 2. The van der Waals surface area contributed by atoms with E-state index in [-0.39, 0.29) is 5.91 Å². The number of pyridine rings is 1. The highest BCUT2D eigenvalue weighted by Crippen LogP contribution is 2.20. The van der Waals surface area contributed by atoms with Crippen LogP contribution in [0.2, 0.25) is 0 Å². The number of hydrogen-bond donors (Lipinski definition) is 2. The fourth-order valence-electron chi connectivity index (χ4n) is 3.30. The average Bonchev–Trinajstić information content (AvgIpc) is 2.97. The van der Waals surface area contributed by atoms with Crippen LogP contribution in [0.25, 0.3) is 21.8 Å². The maximum atomic E-state index is 12.6. The van der Waals surface area contributed by atoms with Crippen LogP contribution in [0.4, 0.5) is 0 Å². The van der Waals surface area contributed by atoms with Gasteiger partial charge >= 0.3 is 0 Å². The molecule has 134 valence electrons. The second-order valence-corrected chi connectivity index (χ2v) is 6.73. The van der Waals surface area contributed by atoms with Gasteiger partial charge in [-0.1, -0.05) is 29.8 Å². The highest BCUT2D eigenvalue weighted by Gasteiger charge is 2.11. The van der Waals surface area contributed by atoms with Crippen molar-refractivity contribution in [3.63, 3.8) is 0 Å². The van der Waals surface area contributed by atoms with Gasteiger partial charge in [-0.15, -0.1) is 0 Å². The van der Waals surface area contributed by atoms with E-state index in [2.05, 4.69) is 20.5 Å². The van der Waals surface area contributed by atoms with E-state index in [1.807, 2.05) is 69.3 Å². The predicted molar refractivity (Wildman–Crippen MR) is 109 cm³/mol. The number of rotatable bonds is 3. The van der Waals surface area contributed by atoms with E-state index in [9.17, 15) is 4.79 Å². The summed E-state index contributed by atoms with van der Waals surface area (Å²) in [6, 6.07) is 15.9. The van der Waals surface area contributed by atoms with Crippen molar-refractivity contribution in [2.45, 2.75) is 20.8 Å². The maximum Gasteiger partial charge on any atom is 0.273 e. The number of hydrogen-bond acceptors (Lipinski definition) is 3. The number of fused-ring (bicyclic) bond motifs is 2. The Balaban J connectivity index is 1.60. The van der Waals surface area contributed by atoms with E-state index in [0.29, 0.717) is 11.3 Å². The highest BCUT2D eigenvalue weighted by atomic mass is 16.2. The molecule has 0 unspecified atom stereocenters. The van der Waals surface area contributed by atoms with Crippen LogP contribution in [-0.4, -0.2) is 22.1 Å². The summed E-state index contributed by atoms with van der Waals surface area (Å²) in [5.41, 5.74) is 8.87.